The van der Waals surface area contributed by atoms with E-state index in [9.17, 15) is 18.0 Å². The molecule has 18 heavy (non-hydrogen) atoms. The van der Waals surface area contributed by atoms with Crippen molar-refractivity contribution < 1.29 is 18.0 Å². The van der Waals surface area contributed by atoms with E-state index in [-0.39, 0.29) is 18.0 Å². The molecular weight excluding hydrogens is 243 g/mol. The van der Waals surface area contributed by atoms with Crippen LogP contribution in [-0.2, 0) is 4.79 Å². The van der Waals surface area contributed by atoms with Crippen molar-refractivity contribution in [2.24, 2.45) is 5.92 Å². The van der Waals surface area contributed by atoms with Gasteiger partial charge in [0.15, 0.2) is 17.5 Å². The van der Waals surface area contributed by atoms with Crippen LogP contribution in [0.3, 0.4) is 0 Å². The SMILES string of the molecule is O=C(CC1C=CCC1)Nc1ccc(F)c(F)c1F. The second kappa shape index (κ2) is 5.25. The summed E-state index contributed by atoms with van der Waals surface area (Å²) in [4.78, 5) is 11.6. The summed E-state index contributed by atoms with van der Waals surface area (Å²) in [6, 6.07) is 1.79. The maximum atomic E-state index is 13.3. The Kier molecular flexibility index (Phi) is 3.69. The van der Waals surface area contributed by atoms with Gasteiger partial charge < -0.3 is 5.32 Å². The molecule has 1 amide bonds. The molecule has 0 fully saturated rings. The summed E-state index contributed by atoms with van der Waals surface area (Å²) in [5, 5.41) is 2.25. The fourth-order valence-electron chi connectivity index (χ4n) is 1.93. The van der Waals surface area contributed by atoms with E-state index in [0.717, 1.165) is 25.0 Å². The molecule has 0 radical (unpaired) electrons. The van der Waals surface area contributed by atoms with Gasteiger partial charge in [0.1, 0.15) is 0 Å². The van der Waals surface area contributed by atoms with Crippen molar-refractivity contribution >= 4 is 11.6 Å². The highest BCUT2D eigenvalue weighted by Gasteiger charge is 2.18. The lowest BCUT2D eigenvalue weighted by Crippen LogP contribution is -2.16. The van der Waals surface area contributed by atoms with E-state index in [4.69, 9.17) is 0 Å². The number of anilines is 1. The van der Waals surface area contributed by atoms with Gasteiger partial charge in [-0.15, -0.1) is 0 Å². The first-order valence-electron chi connectivity index (χ1n) is 5.68. The molecule has 1 aromatic rings. The Bertz CT molecular complexity index is 499. The number of carbonyl (C=O) groups is 1. The van der Waals surface area contributed by atoms with Crippen LogP contribution in [0.25, 0.3) is 0 Å². The van der Waals surface area contributed by atoms with Gasteiger partial charge >= 0.3 is 0 Å². The highest BCUT2D eigenvalue weighted by molar-refractivity contribution is 5.91. The first kappa shape index (κ1) is 12.7. The van der Waals surface area contributed by atoms with Crippen molar-refractivity contribution in [2.75, 3.05) is 5.32 Å². The average Bonchev–Trinajstić information content (AvgIpc) is 2.83. The van der Waals surface area contributed by atoms with Gasteiger partial charge in [-0.25, -0.2) is 13.2 Å². The summed E-state index contributed by atoms with van der Waals surface area (Å²) in [6.45, 7) is 0. The third-order valence-electron chi connectivity index (χ3n) is 2.87. The van der Waals surface area contributed by atoms with Crippen LogP contribution in [0.15, 0.2) is 24.3 Å². The van der Waals surface area contributed by atoms with E-state index in [2.05, 4.69) is 5.32 Å². The predicted octanol–water partition coefficient (Wildman–Crippen LogP) is 3.40. The van der Waals surface area contributed by atoms with Crippen molar-refractivity contribution in [3.63, 3.8) is 0 Å². The van der Waals surface area contributed by atoms with Crippen LogP contribution in [0.4, 0.5) is 18.9 Å². The minimum atomic E-state index is -1.58. The predicted molar refractivity (Wildman–Crippen MR) is 61.4 cm³/mol. The minimum Gasteiger partial charge on any atom is -0.323 e. The van der Waals surface area contributed by atoms with Crippen LogP contribution < -0.4 is 5.32 Å². The Labute approximate surface area is 102 Å². The van der Waals surface area contributed by atoms with Crippen molar-refractivity contribution in [3.8, 4) is 0 Å². The third kappa shape index (κ3) is 2.72. The first-order valence-corrected chi connectivity index (χ1v) is 5.68. The van der Waals surface area contributed by atoms with Crippen LogP contribution in [-0.4, -0.2) is 5.91 Å². The molecule has 0 spiro atoms. The van der Waals surface area contributed by atoms with Crippen LogP contribution >= 0.6 is 0 Å². The molecule has 0 aliphatic heterocycles. The van der Waals surface area contributed by atoms with Gasteiger partial charge in [-0.1, -0.05) is 12.2 Å². The number of carbonyl (C=O) groups excluding carboxylic acids is 1. The first-order chi connectivity index (χ1) is 8.58. The molecule has 1 aliphatic rings. The largest absolute Gasteiger partial charge is 0.323 e. The summed E-state index contributed by atoms with van der Waals surface area (Å²) >= 11 is 0. The van der Waals surface area contributed by atoms with Gasteiger partial charge in [0.2, 0.25) is 5.91 Å². The third-order valence-corrected chi connectivity index (χ3v) is 2.87. The van der Waals surface area contributed by atoms with Crippen LogP contribution in [0.5, 0.6) is 0 Å². The zero-order valence-corrected chi connectivity index (χ0v) is 9.55. The molecule has 1 aromatic carbocycles. The quantitative estimate of drug-likeness (QED) is 0.651. The number of hydrogen-bond acceptors (Lipinski definition) is 1. The molecule has 96 valence electrons. The number of rotatable bonds is 3. The zero-order valence-electron chi connectivity index (χ0n) is 9.55. The Morgan fingerprint density at radius 2 is 2.06 bits per heavy atom. The van der Waals surface area contributed by atoms with E-state index in [1.807, 2.05) is 12.2 Å². The highest BCUT2D eigenvalue weighted by Crippen LogP contribution is 2.23. The topological polar surface area (TPSA) is 29.1 Å². The van der Waals surface area contributed by atoms with Crippen molar-refractivity contribution in [3.05, 3.63) is 41.7 Å². The van der Waals surface area contributed by atoms with Gasteiger partial charge in [-0.2, -0.15) is 0 Å². The normalized spacial score (nSPS) is 18.1. The molecule has 1 atom stereocenters. The number of halogens is 3. The molecule has 2 rings (SSSR count). The van der Waals surface area contributed by atoms with Crippen LogP contribution in [0, 0.1) is 23.4 Å². The maximum absolute atomic E-state index is 13.3. The number of hydrogen-bond donors (Lipinski definition) is 1. The van der Waals surface area contributed by atoms with Crippen LogP contribution in [0.2, 0.25) is 0 Å². The average molecular weight is 255 g/mol. The molecule has 0 heterocycles. The van der Waals surface area contributed by atoms with Crippen molar-refractivity contribution in [2.45, 2.75) is 19.3 Å². The molecule has 2 nitrogen and oxygen atoms in total. The lowest BCUT2D eigenvalue weighted by Gasteiger charge is -2.09. The molecule has 0 saturated carbocycles. The molecule has 0 saturated heterocycles. The molecule has 1 unspecified atom stereocenters. The Morgan fingerprint density at radius 1 is 1.28 bits per heavy atom. The fourth-order valence-corrected chi connectivity index (χ4v) is 1.93. The number of allylic oxidation sites excluding steroid dienone is 2. The summed E-state index contributed by atoms with van der Waals surface area (Å²) in [7, 11) is 0. The van der Waals surface area contributed by atoms with Gasteiger partial charge in [-0.05, 0) is 30.9 Å². The molecular formula is C13H12F3NO. The molecule has 0 aromatic heterocycles. The van der Waals surface area contributed by atoms with E-state index in [0.29, 0.717) is 0 Å². The van der Waals surface area contributed by atoms with Gasteiger partial charge in [0, 0.05) is 6.42 Å². The molecule has 5 heteroatoms. The Morgan fingerprint density at radius 3 is 2.72 bits per heavy atom. The van der Waals surface area contributed by atoms with Gasteiger partial charge in [0.25, 0.3) is 0 Å². The molecule has 1 aliphatic carbocycles. The van der Waals surface area contributed by atoms with Crippen molar-refractivity contribution in [1.29, 1.82) is 0 Å². The smallest absolute Gasteiger partial charge is 0.225 e. The van der Waals surface area contributed by atoms with Crippen LogP contribution in [0.1, 0.15) is 19.3 Å². The monoisotopic (exact) mass is 255 g/mol. The van der Waals surface area contributed by atoms with E-state index in [1.54, 1.807) is 0 Å². The van der Waals surface area contributed by atoms with Crippen molar-refractivity contribution in [1.82, 2.24) is 0 Å². The standard InChI is InChI=1S/C13H12F3NO/c14-9-5-6-10(13(16)12(9)15)17-11(18)7-8-3-1-2-4-8/h1,3,5-6,8H,2,4,7H2,(H,17,18). The lowest BCUT2D eigenvalue weighted by molar-refractivity contribution is -0.116. The zero-order chi connectivity index (χ0) is 13.1. The summed E-state index contributed by atoms with van der Waals surface area (Å²) in [5.74, 6) is -4.49. The van der Waals surface area contributed by atoms with Gasteiger partial charge in [-0.3, -0.25) is 4.79 Å². The number of amides is 1. The minimum absolute atomic E-state index is 0.137. The van der Waals surface area contributed by atoms with E-state index >= 15 is 0 Å². The Hall–Kier alpha value is -1.78. The van der Waals surface area contributed by atoms with Gasteiger partial charge in [0.05, 0.1) is 5.69 Å². The number of nitrogens with one attached hydrogen (secondary N) is 1. The van der Waals surface area contributed by atoms with E-state index in [1.165, 1.54) is 0 Å². The molecule has 0 bridgehead atoms. The summed E-state index contributed by atoms with van der Waals surface area (Å²) < 4.78 is 38.9. The molecule has 1 N–H and O–H groups in total. The summed E-state index contributed by atoms with van der Waals surface area (Å²) in [6.07, 6.45) is 5.94. The maximum Gasteiger partial charge on any atom is 0.225 e. The second-order valence-electron chi connectivity index (χ2n) is 4.24. The Balaban J connectivity index is 2.02. The fraction of sp³-hybridized carbons (Fsp3) is 0.308. The number of benzene rings is 1. The second-order valence-corrected chi connectivity index (χ2v) is 4.24. The summed E-state index contributed by atoms with van der Waals surface area (Å²) in [5.41, 5.74) is -0.333. The van der Waals surface area contributed by atoms with E-state index < -0.39 is 23.4 Å². The lowest BCUT2D eigenvalue weighted by atomic mass is 10.1. The highest BCUT2D eigenvalue weighted by atomic mass is 19.2.